The molecule has 0 saturated carbocycles. The fourth-order valence-corrected chi connectivity index (χ4v) is 4.19. The molecule has 2 heterocycles. The predicted molar refractivity (Wildman–Crippen MR) is 60.4 cm³/mol. The van der Waals surface area contributed by atoms with Crippen LogP contribution in [0.1, 0.15) is 0 Å². The molecule has 0 fully saturated rings. The SMILES string of the molecule is Nc1nnc(SSc2nnc(N)s2)s1. The minimum atomic E-state index is 0.463. The average molecular weight is 264 g/mol. The van der Waals surface area contributed by atoms with Crippen molar-refractivity contribution in [3.8, 4) is 0 Å². The summed E-state index contributed by atoms with van der Waals surface area (Å²) in [5.41, 5.74) is 10.9. The van der Waals surface area contributed by atoms with E-state index in [9.17, 15) is 0 Å². The Morgan fingerprint density at radius 3 is 1.50 bits per heavy atom. The van der Waals surface area contributed by atoms with E-state index in [-0.39, 0.29) is 0 Å². The molecule has 0 aliphatic carbocycles. The van der Waals surface area contributed by atoms with Crippen molar-refractivity contribution >= 4 is 54.5 Å². The summed E-state index contributed by atoms with van der Waals surface area (Å²) in [4.78, 5) is 0. The molecule has 0 bridgehead atoms. The van der Waals surface area contributed by atoms with Crippen molar-refractivity contribution in [3.05, 3.63) is 0 Å². The molecule has 4 N–H and O–H groups in total. The molecule has 74 valence electrons. The second-order valence-corrected chi connectivity index (χ2v) is 6.62. The first-order chi connectivity index (χ1) is 6.74. The van der Waals surface area contributed by atoms with Gasteiger partial charge in [0.1, 0.15) is 0 Å². The van der Waals surface area contributed by atoms with Gasteiger partial charge in [0.15, 0.2) is 8.68 Å². The van der Waals surface area contributed by atoms with E-state index in [4.69, 9.17) is 11.5 Å². The zero-order valence-electron chi connectivity index (χ0n) is 6.58. The van der Waals surface area contributed by atoms with Crippen molar-refractivity contribution in [2.24, 2.45) is 0 Å². The molecule has 0 aliphatic heterocycles. The van der Waals surface area contributed by atoms with Crippen molar-refractivity contribution in [3.63, 3.8) is 0 Å². The Morgan fingerprint density at radius 1 is 0.786 bits per heavy atom. The zero-order chi connectivity index (χ0) is 9.97. The fourth-order valence-electron chi connectivity index (χ4n) is 0.579. The summed E-state index contributed by atoms with van der Waals surface area (Å²) in [7, 11) is 2.88. The van der Waals surface area contributed by atoms with E-state index in [1.54, 1.807) is 0 Å². The number of hydrogen-bond acceptors (Lipinski definition) is 10. The Bertz CT molecular complexity index is 383. The largest absolute Gasteiger partial charge is 0.374 e. The molecule has 0 amide bonds. The molecule has 0 aromatic carbocycles. The molecule has 14 heavy (non-hydrogen) atoms. The first-order valence-corrected chi connectivity index (χ1v) is 7.05. The number of anilines is 2. The van der Waals surface area contributed by atoms with E-state index >= 15 is 0 Å². The number of aromatic nitrogens is 4. The van der Waals surface area contributed by atoms with Gasteiger partial charge in [-0.2, -0.15) is 0 Å². The maximum atomic E-state index is 5.43. The number of hydrogen-bond donors (Lipinski definition) is 2. The van der Waals surface area contributed by atoms with Crippen LogP contribution in [-0.4, -0.2) is 20.4 Å². The van der Waals surface area contributed by atoms with Crippen LogP contribution in [0, 0.1) is 0 Å². The molecule has 6 nitrogen and oxygen atoms in total. The Hall–Kier alpha value is -0.580. The van der Waals surface area contributed by atoms with Crippen molar-refractivity contribution in [2.75, 3.05) is 11.5 Å². The molecule has 10 heteroatoms. The third-order valence-corrected chi connectivity index (χ3v) is 5.48. The maximum Gasteiger partial charge on any atom is 0.203 e. The third kappa shape index (κ3) is 2.47. The fraction of sp³-hybridized carbons (Fsp3) is 0. The van der Waals surface area contributed by atoms with E-state index in [1.165, 1.54) is 44.3 Å². The van der Waals surface area contributed by atoms with E-state index in [2.05, 4.69) is 20.4 Å². The Kier molecular flexibility index (Phi) is 3.05. The highest BCUT2D eigenvalue weighted by molar-refractivity contribution is 8.77. The van der Waals surface area contributed by atoms with Crippen LogP contribution in [0.3, 0.4) is 0 Å². The van der Waals surface area contributed by atoms with Crippen LogP contribution in [0.5, 0.6) is 0 Å². The van der Waals surface area contributed by atoms with Gasteiger partial charge in [0.2, 0.25) is 10.3 Å². The first-order valence-electron chi connectivity index (χ1n) is 3.26. The molecule has 0 atom stereocenters. The van der Waals surface area contributed by atoms with Gasteiger partial charge in [-0.15, -0.1) is 20.4 Å². The maximum absolute atomic E-state index is 5.43. The Balaban J connectivity index is 1.94. The van der Waals surface area contributed by atoms with Crippen molar-refractivity contribution in [2.45, 2.75) is 8.68 Å². The summed E-state index contributed by atoms with van der Waals surface area (Å²) in [6, 6.07) is 0. The van der Waals surface area contributed by atoms with Crippen molar-refractivity contribution in [1.82, 2.24) is 20.4 Å². The van der Waals surface area contributed by atoms with Gasteiger partial charge < -0.3 is 11.5 Å². The third-order valence-electron chi connectivity index (χ3n) is 1.03. The highest BCUT2D eigenvalue weighted by Crippen LogP contribution is 2.40. The highest BCUT2D eigenvalue weighted by Gasteiger charge is 2.06. The molecule has 0 spiro atoms. The zero-order valence-corrected chi connectivity index (χ0v) is 9.84. The van der Waals surface area contributed by atoms with Gasteiger partial charge in [-0.1, -0.05) is 22.7 Å². The van der Waals surface area contributed by atoms with Gasteiger partial charge in [-0.25, -0.2) is 0 Å². The summed E-state index contributed by atoms with van der Waals surface area (Å²) in [5.74, 6) is 0. The first kappa shape index (κ1) is 9.96. The number of nitrogens with two attached hydrogens (primary N) is 2. The lowest BCUT2D eigenvalue weighted by Gasteiger charge is -1.87. The van der Waals surface area contributed by atoms with Crippen LogP contribution in [0.2, 0.25) is 0 Å². The van der Waals surface area contributed by atoms with Crippen molar-refractivity contribution < 1.29 is 0 Å². The summed E-state index contributed by atoms with van der Waals surface area (Å²) in [6.45, 7) is 0. The van der Waals surface area contributed by atoms with Gasteiger partial charge in [-0.05, 0) is 21.6 Å². The summed E-state index contributed by atoms with van der Waals surface area (Å²) < 4.78 is 1.59. The quantitative estimate of drug-likeness (QED) is 0.801. The minimum Gasteiger partial charge on any atom is -0.374 e. The summed E-state index contributed by atoms with van der Waals surface area (Å²) in [6.07, 6.45) is 0. The lowest BCUT2D eigenvalue weighted by Crippen LogP contribution is -1.79. The molecule has 0 radical (unpaired) electrons. The molecule has 0 saturated heterocycles. The predicted octanol–water partition coefficient (Wildman–Crippen LogP) is 1.35. The van der Waals surface area contributed by atoms with Gasteiger partial charge in [0, 0.05) is 0 Å². The minimum absolute atomic E-state index is 0.463. The highest BCUT2D eigenvalue weighted by atomic mass is 33.1. The Labute approximate surface area is 94.9 Å². The van der Waals surface area contributed by atoms with Gasteiger partial charge in [0.05, 0.1) is 0 Å². The summed E-state index contributed by atoms with van der Waals surface area (Å²) in [5, 5.41) is 16.0. The normalized spacial score (nSPS) is 10.6. The molecule has 0 aliphatic rings. The monoisotopic (exact) mass is 264 g/mol. The average Bonchev–Trinajstić information content (AvgIpc) is 2.72. The van der Waals surface area contributed by atoms with Crippen LogP contribution >= 0.6 is 44.3 Å². The standard InChI is InChI=1S/C4H4N6S4/c5-1-7-9-3(11-1)13-14-4-10-8-2(6)12-4/h(H2,5,7)(H2,6,8). The van der Waals surface area contributed by atoms with Crippen LogP contribution in [0.15, 0.2) is 8.68 Å². The molecule has 2 aromatic heterocycles. The molecule has 2 aromatic rings. The topological polar surface area (TPSA) is 104 Å². The van der Waals surface area contributed by atoms with Crippen LogP contribution < -0.4 is 11.5 Å². The van der Waals surface area contributed by atoms with Crippen molar-refractivity contribution in [1.29, 1.82) is 0 Å². The summed E-state index contributed by atoms with van der Waals surface area (Å²) >= 11 is 2.67. The Morgan fingerprint density at radius 2 is 1.21 bits per heavy atom. The number of rotatable bonds is 3. The number of nitrogen functional groups attached to an aromatic ring is 2. The van der Waals surface area contributed by atoms with Gasteiger partial charge in [-0.3, -0.25) is 0 Å². The van der Waals surface area contributed by atoms with Gasteiger partial charge >= 0.3 is 0 Å². The van der Waals surface area contributed by atoms with E-state index in [0.717, 1.165) is 8.68 Å². The molecule has 2 rings (SSSR count). The van der Waals surface area contributed by atoms with Gasteiger partial charge in [0.25, 0.3) is 0 Å². The number of nitrogens with zero attached hydrogens (tertiary/aromatic N) is 4. The second-order valence-electron chi connectivity index (χ2n) is 1.98. The van der Waals surface area contributed by atoms with E-state index in [1.807, 2.05) is 0 Å². The second kappa shape index (κ2) is 4.29. The van der Waals surface area contributed by atoms with E-state index in [0.29, 0.717) is 10.3 Å². The van der Waals surface area contributed by atoms with Crippen LogP contribution in [-0.2, 0) is 0 Å². The smallest absolute Gasteiger partial charge is 0.203 e. The van der Waals surface area contributed by atoms with E-state index < -0.39 is 0 Å². The van der Waals surface area contributed by atoms with Crippen LogP contribution in [0.25, 0.3) is 0 Å². The molecular weight excluding hydrogens is 260 g/mol. The lowest BCUT2D eigenvalue weighted by molar-refractivity contribution is 1.02. The molecule has 0 unspecified atom stereocenters. The van der Waals surface area contributed by atoms with Crippen LogP contribution in [0.4, 0.5) is 10.3 Å². The molecular formula is C4H4N6S4. The lowest BCUT2D eigenvalue weighted by atomic mass is 11.3.